The summed E-state index contributed by atoms with van der Waals surface area (Å²) >= 11 is 0. The van der Waals surface area contributed by atoms with Gasteiger partial charge in [-0.05, 0) is 52.3 Å². The van der Waals surface area contributed by atoms with Crippen molar-refractivity contribution in [2.24, 2.45) is 0 Å². The zero-order valence-electron chi connectivity index (χ0n) is 16.3. The molecule has 2 aromatic heterocycles. The monoisotopic (exact) mass is 367 g/mol. The van der Waals surface area contributed by atoms with E-state index in [9.17, 15) is 4.79 Å². The number of rotatable bonds is 5. The van der Waals surface area contributed by atoms with Crippen LogP contribution in [0.1, 0.15) is 49.8 Å². The second kappa shape index (κ2) is 7.61. The second-order valence-corrected chi connectivity index (χ2v) is 6.84. The van der Waals surface area contributed by atoms with E-state index < -0.39 is 0 Å². The van der Waals surface area contributed by atoms with Crippen molar-refractivity contribution in [3.05, 3.63) is 53.9 Å². The highest BCUT2D eigenvalue weighted by Crippen LogP contribution is 2.22. The van der Waals surface area contributed by atoms with Crippen molar-refractivity contribution in [3.8, 4) is 5.69 Å². The highest BCUT2D eigenvalue weighted by molar-refractivity contribution is 5.90. The molecule has 2 amide bonds. The maximum absolute atomic E-state index is 12.5. The SMILES string of the molecule is Cc1nn(C(C)C)c(C)c1NC(=O)N[C@H](C)c1ccc(-n2cncn2)cc1. The van der Waals surface area contributed by atoms with Crippen LogP contribution in [0.15, 0.2) is 36.9 Å². The predicted molar refractivity (Wildman–Crippen MR) is 104 cm³/mol. The number of benzene rings is 1. The Kier molecular flexibility index (Phi) is 5.25. The molecule has 1 atom stereocenters. The van der Waals surface area contributed by atoms with Crippen molar-refractivity contribution in [1.29, 1.82) is 0 Å². The van der Waals surface area contributed by atoms with E-state index in [1.165, 1.54) is 6.33 Å². The highest BCUT2D eigenvalue weighted by Gasteiger charge is 2.17. The van der Waals surface area contributed by atoms with Crippen LogP contribution in [0.3, 0.4) is 0 Å². The quantitative estimate of drug-likeness (QED) is 0.722. The molecule has 0 aliphatic heterocycles. The first kappa shape index (κ1) is 18.6. The lowest BCUT2D eigenvalue weighted by Gasteiger charge is -2.16. The minimum Gasteiger partial charge on any atom is -0.331 e. The maximum atomic E-state index is 12.5. The standard InChI is InChI=1S/C19H25N7O/c1-12(2)26-15(5)18(14(4)24-26)23-19(27)22-13(3)16-6-8-17(9-7-16)25-11-20-10-21-25/h6-13H,1-5H3,(H2,22,23,27)/t13-/m1/s1. The number of carbonyl (C=O) groups excluding carboxylic acids is 1. The molecule has 0 saturated heterocycles. The van der Waals surface area contributed by atoms with Crippen molar-refractivity contribution < 1.29 is 4.79 Å². The van der Waals surface area contributed by atoms with Crippen molar-refractivity contribution in [3.63, 3.8) is 0 Å². The van der Waals surface area contributed by atoms with E-state index in [-0.39, 0.29) is 18.1 Å². The van der Waals surface area contributed by atoms with Crippen molar-refractivity contribution in [1.82, 2.24) is 29.9 Å². The van der Waals surface area contributed by atoms with Gasteiger partial charge in [0.15, 0.2) is 0 Å². The van der Waals surface area contributed by atoms with Crippen molar-refractivity contribution >= 4 is 11.7 Å². The number of nitrogens with zero attached hydrogens (tertiary/aromatic N) is 5. The first-order chi connectivity index (χ1) is 12.9. The van der Waals surface area contributed by atoms with E-state index >= 15 is 0 Å². The third-order valence-electron chi connectivity index (χ3n) is 4.48. The van der Waals surface area contributed by atoms with Gasteiger partial charge >= 0.3 is 6.03 Å². The van der Waals surface area contributed by atoms with Crippen LogP contribution in [0.2, 0.25) is 0 Å². The number of carbonyl (C=O) groups is 1. The Morgan fingerprint density at radius 1 is 1.11 bits per heavy atom. The fourth-order valence-electron chi connectivity index (χ4n) is 3.03. The van der Waals surface area contributed by atoms with Gasteiger partial charge in [0.2, 0.25) is 0 Å². The Bertz CT molecular complexity index is 910. The van der Waals surface area contributed by atoms with Gasteiger partial charge in [-0.2, -0.15) is 10.2 Å². The molecule has 3 aromatic rings. The van der Waals surface area contributed by atoms with Gasteiger partial charge < -0.3 is 10.6 Å². The van der Waals surface area contributed by atoms with Gasteiger partial charge in [0, 0.05) is 6.04 Å². The largest absolute Gasteiger partial charge is 0.331 e. The number of hydrogen-bond acceptors (Lipinski definition) is 4. The van der Waals surface area contributed by atoms with Crippen LogP contribution in [0.25, 0.3) is 5.69 Å². The third kappa shape index (κ3) is 3.99. The van der Waals surface area contributed by atoms with Gasteiger partial charge in [0.1, 0.15) is 12.7 Å². The van der Waals surface area contributed by atoms with Gasteiger partial charge in [0.25, 0.3) is 0 Å². The Morgan fingerprint density at radius 2 is 1.81 bits per heavy atom. The Morgan fingerprint density at radius 3 is 2.37 bits per heavy atom. The highest BCUT2D eigenvalue weighted by atomic mass is 16.2. The van der Waals surface area contributed by atoms with Gasteiger partial charge in [-0.25, -0.2) is 14.5 Å². The number of urea groups is 1. The average Bonchev–Trinajstić information content (AvgIpc) is 3.26. The summed E-state index contributed by atoms with van der Waals surface area (Å²) in [6.07, 6.45) is 3.14. The summed E-state index contributed by atoms with van der Waals surface area (Å²) in [5.41, 5.74) is 4.43. The summed E-state index contributed by atoms with van der Waals surface area (Å²) in [6, 6.07) is 7.67. The number of hydrogen-bond donors (Lipinski definition) is 2. The van der Waals surface area contributed by atoms with Crippen LogP contribution in [0.5, 0.6) is 0 Å². The lowest BCUT2D eigenvalue weighted by Crippen LogP contribution is -2.31. The molecule has 2 N–H and O–H groups in total. The summed E-state index contributed by atoms with van der Waals surface area (Å²) in [5, 5.41) is 14.5. The molecule has 8 nitrogen and oxygen atoms in total. The third-order valence-corrected chi connectivity index (χ3v) is 4.48. The Balaban J connectivity index is 1.66. The molecule has 0 spiro atoms. The molecule has 0 aliphatic rings. The molecular formula is C19H25N7O. The summed E-state index contributed by atoms with van der Waals surface area (Å²) < 4.78 is 3.60. The van der Waals surface area contributed by atoms with E-state index in [2.05, 4.69) is 39.7 Å². The van der Waals surface area contributed by atoms with Crippen LogP contribution in [-0.2, 0) is 0 Å². The summed E-state index contributed by atoms with van der Waals surface area (Å²) in [7, 11) is 0. The Hall–Kier alpha value is -3.16. The molecule has 1 aromatic carbocycles. The van der Waals surface area contributed by atoms with E-state index in [0.29, 0.717) is 0 Å². The van der Waals surface area contributed by atoms with Crippen LogP contribution in [0, 0.1) is 13.8 Å². The van der Waals surface area contributed by atoms with Crippen molar-refractivity contribution in [2.45, 2.75) is 46.7 Å². The van der Waals surface area contributed by atoms with Crippen LogP contribution < -0.4 is 10.6 Å². The van der Waals surface area contributed by atoms with E-state index in [4.69, 9.17) is 0 Å². The maximum Gasteiger partial charge on any atom is 0.319 e. The van der Waals surface area contributed by atoms with Gasteiger partial charge in [-0.3, -0.25) is 4.68 Å². The molecular weight excluding hydrogens is 342 g/mol. The molecule has 0 unspecified atom stereocenters. The second-order valence-electron chi connectivity index (χ2n) is 6.84. The summed E-state index contributed by atoms with van der Waals surface area (Å²) in [5.74, 6) is 0. The number of anilines is 1. The van der Waals surface area contributed by atoms with Crippen LogP contribution >= 0.6 is 0 Å². The average molecular weight is 367 g/mol. The smallest absolute Gasteiger partial charge is 0.319 e. The van der Waals surface area contributed by atoms with E-state index in [0.717, 1.165) is 28.3 Å². The zero-order chi connectivity index (χ0) is 19.6. The normalized spacial score (nSPS) is 12.2. The van der Waals surface area contributed by atoms with Gasteiger partial charge in [-0.1, -0.05) is 12.1 Å². The first-order valence-corrected chi connectivity index (χ1v) is 8.95. The van der Waals surface area contributed by atoms with Crippen LogP contribution in [-0.4, -0.2) is 30.6 Å². The zero-order valence-corrected chi connectivity index (χ0v) is 16.3. The van der Waals surface area contributed by atoms with Gasteiger partial charge in [-0.15, -0.1) is 0 Å². The topological polar surface area (TPSA) is 89.7 Å². The summed E-state index contributed by atoms with van der Waals surface area (Å²) in [4.78, 5) is 16.4. The minimum atomic E-state index is -0.252. The molecule has 0 bridgehead atoms. The molecule has 27 heavy (non-hydrogen) atoms. The number of aromatic nitrogens is 5. The fourth-order valence-corrected chi connectivity index (χ4v) is 3.03. The van der Waals surface area contributed by atoms with E-state index in [1.807, 2.05) is 49.7 Å². The summed E-state index contributed by atoms with van der Waals surface area (Å²) in [6.45, 7) is 9.93. The minimum absolute atomic E-state index is 0.143. The molecule has 0 fully saturated rings. The Labute approximate surface area is 158 Å². The van der Waals surface area contributed by atoms with Crippen molar-refractivity contribution in [2.75, 3.05) is 5.32 Å². The molecule has 2 heterocycles. The molecule has 142 valence electrons. The number of aryl methyl sites for hydroxylation is 1. The lowest BCUT2D eigenvalue weighted by atomic mass is 10.1. The molecule has 3 rings (SSSR count). The lowest BCUT2D eigenvalue weighted by molar-refractivity contribution is 0.249. The van der Waals surface area contributed by atoms with Gasteiger partial charge in [0.05, 0.1) is 28.8 Å². The predicted octanol–water partition coefficient (Wildman–Crippen LogP) is 3.54. The molecule has 0 aliphatic carbocycles. The first-order valence-electron chi connectivity index (χ1n) is 8.95. The fraction of sp³-hybridized carbons (Fsp3) is 0.368. The number of nitrogens with one attached hydrogen (secondary N) is 2. The van der Waals surface area contributed by atoms with Crippen LogP contribution in [0.4, 0.5) is 10.5 Å². The van der Waals surface area contributed by atoms with E-state index in [1.54, 1.807) is 11.0 Å². The molecule has 0 radical (unpaired) electrons. The molecule has 8 heteroatoms. The molecule has 0 saturated carbocycles. The number of amides is 2.